The van der Waals surface area contributed by atoms with E-state index in [0.29, 0.717) is 0 Å². The van der Waals surface area contributed by atoms with E-state index in [2.05, 4.69) is 5.32 Å². The predicted molar refractivity (Wildman–Crippen MR) is 58.4 cm³/mol. The van der Waals surface area contributed by atoms with Crippen molar-refractivity contribution in [2.75, 3.05) is 5.88 Å². The van der Waals surface area contributed by atoms with E-state index in [0.717, 1.165) is 12.1 Å². The molecule has 0 heterocycles. The third-order valence-corrected chi connectivity index (χ3v) is 2.47. The summed E-state index contributed by atoms with van der Waals surface area (Å²) in [6.45, 7) is 1.74. The topological polar surface area (TPSA) is 29.1 Å². The molecule has 5 heteroatoms. The minimum atomic E-state index is -0.714. The summed E-state index contributed by atoms with van der Waals surface area (Å²) in [7, 11) is 0. The van der Waals surface area contributed by atoms with E-state index in [1.165, 1.54) is 6.07 Å². The molecule has 1 N–H and O–H groups in total. The smallest absolute Gasteiger partial charge is 0.224 e. The number of nitrogens with one attached hydrogen (secondary N) is 1. The van der Waals surface area contributed by atoms with E-state index >= 15 is 0 Å². The summed E-state index contributed by atoms with van der Waals surface area (Å²) in [5.74, 6) is -1.42. The fourth-order valence-corrected chi connectivity index (χ4v) is 1.28. The molecule has 88 valence electrons. The van der Waals surface area contributed by atoms with Crippen LogP contribution in [0.2, 0.25) is 0 Å². The standard InChI is InChI=1S/C11H12ClF2NO/c1-7(6-12)15-11(16)4-8-2-3-9(13)5-10(8)14/h2-3,5,7H,4,6H2,1H3,(H,15,16). The molecule has 16 heavy (non-hydrogen) atoms. The van der Waals surface area contributed by atoms with Gasteiger partial charge in [0.15, 0.2) is 0 Å². The minimum absolute atomic E-state index is 0.118. The molecule has 0 aliphatic rings. The number of amides is 1. The molecule has 0 fully saturated rings. The number of alkyl halides is 1. The lowest BCUT2D eigenvalue weighted by Crippen LogP contribution is -2.34. The first-order valence-corrected chi connectivity index (χ1v) is 5.35. The average Bonchev–Trinajstić information content (AvgIpc) is 2.22. The van der Waals surface area contributed by atoms with Gasteiger partial charge in [-0.15, -0.1) is 11.6 Å². The normalized spacial score (nSPS) is 12.2. The summed E-state index contributed by atoms with van der Waals surface area (Å²) < 4.78 is 25.8. The number of carbonyl (C=O) groups excluding carboxylic acids is 1. The van der Waals surface area contributed by atoms with Crippen molar-refractivity contribution < 1.29 is 13.6 Å². The van der Waals surface area contributed by atoms with Crippen LogP contribution in [-0.2, 0) is 11.2 Å². The van der Waals surface area contributed by atoms with Crippen molar-refractivity contribution in [3.8, 4) is 0 Å². The predicted octanol–water partition coefficient (Wildman–Crippen LogP) is 2.25. The molecule has 1 rings (SSSR count). The first-order valence-electron chi connectivity index (χ1n) is 4.82. The van der Waals surface area contributed by atoms with E-state index in [9.17, 15) is 13.6 Å². The highest BCUT2D eigenvalue weighted by Crippen LogP contribution is 2.10. The Kier molecular flexibility index (Phi) is 4.68. The maximum absolute atomic E-state index is 13.2. The minimum Gasteiger partial charge on any atom is -0.352 e. The fourth-order valence-electron chi connectivity index (χ4n) is 1.20. The molecule has 0 saturated carbocycles. The van der Waals surface area contributed by atoms with Gasteiger partial charge in [0.1, 0.15) is 11.6 Å². The van der Waals surface area contributed by atoms with Gasteiger partial charge in [-0.2, -0.15) is 0 Å². The number of hydrogen-bond donors (Lipinski definition) is 1. The van der Waals surface area contributed by atoms with Gasteiger partial charge in [0, 0.05) is 18.0 Å². The van der Waals surface area contributed by atoms with Crippen LogP contribution in [0.5, 0.6) is 0 Å². The van der Waals surface area contributed by atoms with Crippen LogP contribution in [0.4, 0.5) is 8.78 Å². The van der Waals surface area contributed by atoms with Crippen molar-refractivity contribution in [3.63, 3.8) is 0 Å². The van der Waals surface area contributed by atoms with Crippen LogP contribution in [0, 0.1) is 11.6 Å². The van der Waals surface area contributed by atoms with Crippen molar-refractivity contribution in [2.24, 2.45) is 0 Å². The van der Waals surface area contributed by atoms with Crippen molar-refractivity contribution in [2.45, 2.75) is 19.4 Å². The Balaban J connectivity index is 2.63. The molecular formula is C11H12ClF2NO. The highest BCUT2D eigenvalue weighted by atomic mass is 35.5. The summed E-state index contributed by atoms with van der Waals surface area (Å²) in [5, 5.41) is 2.59. The molecule has 1 atom stereocenters. The van der Waals surface area contributed by atoms with Gasteiger partial charge in [0.05, 0.1) is 6.42 Å². The van der Waals surface area contributed by atoms with Crippen LogP contribution in [0.1, 0.15) is 12.5 Å². The van der Waals surface area contributed by atoms with Gasteiger partial charge < -0.3 is 5.32 Å². The highest BCUT2D eigenvalue weighted by molar-refractivity contribution is 6.18. The van der Waals surface area contributed by atoms with Crippen LogP contribution >= 0.6 is 11.6 Å². The van der Waals surface area contributed by atoms with E-state index in [1.807, 2.05) is 0 Å². The third kappa shape index (κ3) is 3.77. The molecule has 0 bridgehead atoms. The second-order valence-corrected chi connectivity index (χ2v) is 3.84. The third-order valence-electron chi connectivity index (χ3n) is 2.00. The summed E-state index contributed by atoms with van der Waals surface area (Å²) in [6, 6.07) is 2.97. The molecule has 0 aromatic heterocycles. The first kappa shape index (κ1) is 12.9. The van der Waals surface area contributed by atoms with Crippen LogP contribution in [-0.4, -0.2) is 17.8 Å². The Bertz CT molecular complexity index is 384. The van der Waals surface area contributed by atoms with Gasteiger partial charge in [-0.05, 0) is 18.6 Å². The molecule has 0 spiro atoms. The van der Waals surface area contributed by atoms with Gasteiger partial charge in [-0.1, -0.05) is 6.07 Å². The average molecular weight is 248 g/mol. The summed E-state index contributed by atoms with van der Waals surface area (Å²) in [4.78, 5) is 11.4. The zero-order chi connectivity index (χ0) is 12.1. The Morgan fingerprint density at radius 2 is 2.19 bits per heavy atom. The first-order chi connectivity index (χ1) is 7.52. The second-order valence-electron chi connectivity index (χ2n) is 3.54. The quantitative estimate of drug-likeness (QED) is 0.813. The fraction of sp³-hybridized carbons (Fsp3) is 0.364. The van der Waals surface area contributed by atoms with Crippen LogP contribution in [0.15, 0.2) is 18.2 Å². The van der Waals surface area contributed by atoms with Crippen LogP contribution < -0.4 is 5.32 Å². The van der Waals surface area contributed by atoms with E-state index < -0.39 is 11.6 Å². The summed E-state index contributed by atoms with van der Waals surface area (Å²) >= 11 is 5.51. The summed E-state index contributed by atoms with van der Waals surface area (Å²) in [6.07, 6.45) is -0.118. The molecule has 1 amide bonds. The second kappa shape index (κ2) is 5.80. The van der Waals surface area contributed by atoms with E-state index in [4.69, 9.17) is 11.6 Å². The Morgan fingerprint density at radius 1 is 1.50 bits per heavy atom. The lowest BCUT2D eigenvalue weighted by Gasteiger charge is -2.10. The number of rotatable bonds is 4. The van der Waals surface area contributed by atoms with Crippen molar-refractivity contribution in [3.05, 3.63) is 35.4 Å². The maximum atomic E-state index is 13.2. The molecule has 2 nitrogen and oxygen atoms in total. The molecule has 1 aromatic rings. The Hall–Kier alpha value is -1.16. The van der Waals surface area contributed by atoms with Gasteiger partial charge >= 0.3 is 0 Å². The molecule has 0 aliphatic carbocycles. The van der Waals surface area contributed by atoms with Crippen molar-refractivity contribution in [1.82, 2.24) is 5.32 Å². The number of benzene rings is 1. The SMILES string of the molecule is CC(CCl)NC(=O)Cc1ccc(F)cc1F. The maximum Gasteiger partial charge on any atom is 0.224 e. The largest absolute Gasteiger partial charge is 0.352 e. The van der Waals surface area contributed by atoms with Gasteiger partial charge in [-0.25, -0.2) is 8.78 Å². The van der Waals surface area contributed by atoms with Gasteiger partial charge in [-0.3, -0.25) is 4.79 Å². The number of halogens is 3. The van der Waals surface area contributed by atoms with E-state index in [-0.39, 0.29) is 29.8 Å². The monoisotopic (exact) mass is 247 g/mol. The zero-order valence-corrected chi connectivity index (χ0v) is 9.52. The lowest BCUT2D eigenvalue weighted by molar-refractivity contribution is -0.120. The molecule has 0 saturated heterocycles. The molecule has 0 radical (unpaired) electrons. The highest BCUT2D eigenvalue weighted by Gasteiger charge is 2.10. The number of carbonyl (C=O) groups is 1. The Morgan fingerprint density at radius 3 is 2.75 bits per heavy atom. The number of hydrogen-bond acceptors (Lipinski definition) is 1. The van der Waals surface area contributed by atoms with Gasteiger partial charge in [0.2, 0.25) is 5.91 Å². The molecule has 0 aliphatic heterocycles. The van der Waals surface area contributed by atoms with Crippen LogP contribution in [0.3, 0.4) is 0 Å². The lowest BCUT2D eigenvalue weighted by atomic mass is 10.1. The van der Waals surface area contributed by atoms with Crippen molar-refractivity contribution in [1.29, 1.82) is 0 Å². The Labute approximate surface area is 97.6 Å². The molecule has 1 aromatic carbocycles. The molecule has 1 unspecified atom stereocenters. The van der Waals surface area contributed by atoms with E-state index in [1.54, 1.807) is 6.92 Å². The van der Waals surface area contributed by atoms with Gasteiger partial charge in [0.25, 0.3) is 0 Å². The molecular weight excluding hydrogens is 236 g/mol. The zero-order valence-electron chi connectivity index (χ0n) is 8.77. The summed E-state index contributed by atoms with van der Waals surface area (Å²) in [5.41, 5.74) is 0.167. The van der Waals surface area contributed by atoms with Crippen LogP contribution in [0.25, 0.3) is 0 Å². The van der Waals surface area contributed by atoms with Crippen molar-refractivity contribution >= 4 is 17.5 Å².